The quantitative estimate of drug-likeness (QED) is 0.214. The fraction of sp³-hybridized carbons (Fsp3) is 0.567. The lowest BCUT2D eigenvalue weighted by atomic mass is 9.78. The second kappa shape index (κ2) is 8.94. The summed E-state index contributed by atoms with van der Waals surface area (Å²) in [6.07, 6.45) is 1.60. The lowest BCUT2D eigenvalue weighted by Gasteiger charge is -2.28. The number of phenols is 2. The largest absolute Gasteiger partial charge is 0.624 e. The van der Waals surface area contributed by atoms with Gasteiger partial charge in [-0.1, -0.05) is 83.1 Å². The van der Waals surface area contributed by atoms with Crippen LogP contribution in [0.4, 0.5) is 0 Å². The van der Waals surface area contributed by atoms with E-state index in [9.17, 15) is 15.4 Å². The van der Waals surface area contributed by atoms with Crippen molar-refractivity contribution in [3.05, 3.63) is 62.9 Å². The summed E-state index contributed by atoms with van der Waals surface area (Å²) in [5, 5.41) is 35.1. The molecule has 0 amide bonds. The zero-order valence-corrected chi connectivity index (χ0v) is 23.3. The molecule has 0 aliphatic heterocycles. The Morgan fingerprint density at radius 3 is 1.21 bits per heavy atom. The summed E-state index contributed by atoms with van der Waals surface area (Å²) in [5.41, 5.74) is 3.96. The predicted molar refractivity (Wildman–Crippen MR) is 144 cm³/mol. The zero-order valence-electron chi connectivity index (χ0n) is 23.3. The van der Waals surface area contributed by atoms with Crippen molar-refractivity contribution in [2.75, 3.05) is 0 Å². The Morgan fingerprint density at radius 1 is 0.618 bits per heavy atom. The normalized spacial score (nSPS) is 13.9. The van der Waals surface area contributed by atoms with Gasteiger partial charge in [0.05, 0.1) is 0 Å². The van der Waals surface area contributed by atoms with Crippen molar-refractivity contribution in [3.63, 3.8) is 0 Å². The number of hydroxylamine groups is 1. The summed E-state index contributed by atoms with van der Waals surface area (Å²) in [5.74, 6) is 0.617. The van der Waals surface area contributed by atoms with E-state index in [1.165, 1.54) is 0 Å². The minimum absolute atomic E-state index is 0.170. The highest BCUT2D eigenvalue weighted by Crippen LogP contribution is 2.41. The molecule has 0 aromatic heterocycles. The van der Waals surface area contributed by atoms with E-state index in [0.717, 1.165) is 38.1 Å². The van der Waals surface area contributed by atoms with E-state index >= 15 is 0 Å². The Hall–Kier alpha value is -2.49. The standard InChI is InChI=1S/C30H45NO3/c1-27(2,3)21-13-19(14-22(25(21)32)28(4,5)6)17-31(34)18-20-15-23(29(7,8)9)26(33)24(16-20)30(10,11)12/h13-17,32-33H,18H2,1-12H3/b31-17-. The highest BCUT2D eigenvalue weighted by molar-refractivity contribution is 5.78. The molecule has 0 aliphatic carbocycles. The van der Waals surface area contributed by atoms with Gasteiger partial charge in [-0.3, -0.25) is 0 Å². The SMILES string of the molecule is CC(C)(C)c1cc(/C=[N+](\[O-])Cc2cc(C(C)(C)C)c(O)c(C(C)(C)C)c2)cc(C(C)(C)C)c1O. The Kier molecular flexibility index (Phi) is 7.30. The first-order chi connectivity index (χ1) is 15.1. The molecule has 0 saturated heterocycles. The molecular weight excluding hydrogens is 422 g/mol. The maximum absolute atomic E-state index is 13.1. The van der Waals surface area contributed by atoms with Crippen LogP contribution in [0.25, 0.3) is 0 Å². The first-order valence-corrected chi connectivity index (χ1v) is 12.2. The van der Waals surface area contributed by atoms with Crippen molar-refractivity contribution in [2.45, 2.75) is 111 Å². The van der Waals surface area contributed by atoms with Crippen molar-refractivity contribution >= 4 is 6.21 Å². The van der Waals surface area contributed by atoms with Gasteiger partial charge >= 0.3 is 0 Å². The summed E-state index contributed by atoms with van der Waals surface area (Å²) in [4.78, 5) is 0. The Labute approximate surface area is 206 Å². The third-order valence-electron chi connectivity index (χ3n) is 6.17. The molecular formula is C30H45NO3. The van der Waals surface area contributed by atoms with Crippen molar-refractivity contribution < 1.29 is 15.0 Å². The van der Waals surface area contributed by atoms with Crippen LogP contribution in [0.2, 0.25) is 0 Å². The Bertz CT molecular complexity index is 1010. The van der Waals surface area contributed by atoms with Crippen LogP contribution < -0.4 is 0 Å². The van der Waals surface area contributed by atoms with Crippen molar-refractivity contribution in [1.82, 2.24) is 0 Å². The van der Waals surface area contributed by atoms with E-state index in [1.807, 2.05) is 24.3 Å². The molecule has 0 saturated carbocycles. The minimum Gasteiger partial charge on any atom is -0.624 e. The smallest absolute Gasteiger partial charge is 0.182 e. The molecule has 0 radical (unpaired) electrons. The Balaban J connectivity index is 2.61. The fourth-order valence-corrected chi connectivity index (χ4v) is 4.20. The summed E-state index contributed by atoms with van der Waals surface area (Å²) >= 11 is 0. The van der Waals surface area contributed by atoms with E-state index in [1.54, 1.807) is 6.21 Å². The lowest BCUT2D eigenvalue weighted by molar-refractivity contribution is -0.469. The van der Waals surface area contributed by atoms with Gasteiger partial charge in [0.2, 0.25) is 0 Å². The van der Waals surface area contributed by atoms with Gasteiger partial charge in [-0.05, 0) is 45.9 Å². The molecule has 2 aromatic carbocycles. The van der Waals surface area contributed by atoms with Gasteiger partial charge in [-0.25, -0.2) is 4.74 Å². The number of benzene rings is 2. The number of rotatable bonds is 3. The second-order valence-electron chi connectivity index (χ2n) is 13.7. The molecule has 0 spiro atoms. The van der Waals surface area contributed by atoms with Gasteiger partial charge in [0, 0.05) is 33.4 Å². The zero-order chi connectivity index (χ0) is 26.4. The number of nitrogens with zero attached hydrogens (tertiary/aromatic N) is 1. The van der Waals surface area contributed by atoms with Gasteiger partial charge in [-0.15, -0.1) is 0 Å². The van der Waals surface area contributed by atoms with Crippen molar-refractivity contribution in [2.24, 2.45) is 0 Å². The maximum atomic E-state index is 13.1. The Morgan fingerprint density at radius 2 is 0.912 bits per heavy atom. The second-order valence-corrected chi connectivity index (χ2v) is 13.7. The van der Waals surface area contributed by atoms with E-state index in [0.29, 0.717) is 11.5 Å². The monoisotopic (exact) mass is 467 g/mol. The average Bonchev–Trinajstić information content (AvgIpc) is 2.60. The maximum Gasteiger partial charge on any atom is 0.182 e. The van der Waals surface area contributed by atoms with Crippen LogP contribution in [0.5, 0.6) is 11.5 Å². The first-order valence-electron chi connectivity index (χ1n) is 12.2. The topological polar surface area (TPSA) is 66.5 Å². The number of hydrogen-bond donors (Lipinski definition) is 2. The number of phenolic OH excluding ortho intramolecular Hbond substituents is 2. The molecule has 34 heavy (non-hydrogen) atoms. The van der Waals surface area contributed by atoms with Gasteiger partial charge < -0.3 is 15.4 Å². The van der Waals surface area contributed by atoms with Crippen LogP contribution in [-0.4, -0.2) is 21.2 Å². The molecule has 0 bridgehead atoms. The van der Waals surface area contributed by atoms with E-state index < -0.39 is 0 Å². The van der Waals surface area contributed by atoms with E-state index in [-0.39, 0.29) is 28.2 Å². The van der Waals surface area contributed by atoms with Crippen LogP contribution in [0.1, 0.15) is 116 Å². The molecule has 0 fully saturated rings. The highest BCUT2D eigenvalue weighted by Gasteiger charge is 2.28. The third kappa shape index (κ3) is 6.34. The van der Waals surface area contributed by atoms with Gasteiger partial charge in [0.25, 0.3) is 0 Å². The fourth-order valence-electron chi connectivity index (χ4n) is 4.20. The van der Waals surface area contributed by atoms with Crippen LogP contribution in [0.3, 0.4) is 0 Å². The highest BCUT2D eigenvalue weighted by atomic mass is 16.5. The summed E-state index contributed by atoms with van der Waals surface area (Å²) in [7, 11) is 0. The van der Waals surface area contributed by atoms with Crippen LogP contribution in [0.15, 0.2) is 24.3 Å². The number of hydrogen-bond acceptors (Lipinski definition) is 3. The van der Waals surface area contributed by atoms with Crippen molar-refractivity contribution in [3.8, 4) is 11.5 Å². The van der Waals surface area contributed by atoms with Gasteiger partial charge in [-0.2, -0.15) is 0 Å². The van der Waals surface area contributed by atoms with E-state index in [4.69, 9.17) is 0 Å². The minimum atomic E-state index is -0.262. The van der Waals surface area contributed by atoms with Gasteiger partial charge in [0.1, 0.15) is 11.5 Å². The third-order valence-corrected chi connectivity index (χ3v) is 6.17. The summed E-state index contributed by atoms with van der Waals surface area (Å²) in [6, 6.07) is 7.71. The molecule has 4 nitrogen and oxygen atoms in total. The van der Waals surface area contributed by atoms with Crippen LogP contribution in [-0.2, 0) is 28.2 Å². The predicted octanol–water partition coefficient (Wildman–Crippen LogP) is 7.42. The average molecular weight is 468 g/mol. The summed E-state index contributed by atoms with van der Waals surface area (Å²) in [6.45, 7) is 24.9. The molecule has 4 heteroatoms. The lowest BCUT2D eigenvalue weighted by Crippen LogP contribution is -2.19. The molecule has 2 rings (SSSR count). The molecule has 2 N–H and O–H groups in total. The van der Waals surface area contributed by atoms with Gasteiger partial charge in [0.15, 0.2) is 12.8 Å². The van der Waals surface area contributed by atoms with E-state index in [2.05, 4.69) is 83.1 Å². The molecule has 2 aromatic rings. The molecule has 188 valence electrons. The van der Waals surface area contributed by atoms with Crippen LogP contribution >= 0.6 is 0 Å². The summed E-state index contributed by atoms with van der Waals surface area (Å²) < 4.78 is 0.941. The molecule has 0 atom stereocenters. The number of aromatic hydroxyl groups is 2. The molecule has 0 unspecified atom stereocenters. The van der Waals surface area contributed by atoms with Crippen LogP contribution in [0, 0.1) is 5.21 Å². The first kappa shape index (κ1) is 27.8. The molecule has 0 aliphatic rings. The van der Waals surface area contributed by atoms with Crippen molar-refractivity contribution in [1.29, 1.82) is 0 Å². The molecule has 0 heterocycles.